The van der Waals surface area contributed by atoms with Gasteiger partial charge in [-0.2, -0.15) is 0 Å². The number of halogens is 1. The van der Waals surface area contributed by atoms with Crippen LogP contribution in [0.5, 0.6) is 5.75 Å². The number of H-pyrrole nitrogens is 1. The Morgan fingerprint density at radius 3 is 2.47 bits per heavy atom. The molecule has 0 radical (unpaired) electrons. The van der Waals surface area contributed by atoms with E-state index in [2.05, 4.69) is 20.9 Å². The minimum absolute atomic E-state index is 0.0883. The van der Waals surface area contributed by atoms with Gasteiger partial charge in [0, 0.05) is 33.7 Å². The second-order valence-corrected chi connectivity index (χ2v) is 9.53. The number of rotatable bonds is 7. The largest absolute Gasteiger partial charge is 0.507 e. The van der Waals surface area contributed by atoms with Gasteiger partial charge in [-0.3, -0.25) is 9.59 Å². The number of carbonyl (C=O) groups excluding carboxylic acids is 2. The van der Waals surface area contributed by atoms with E-state index >= 15 is 0 Å². The normalized spacial score (nSPS) is 17.2. The lowest BCUT2D eigenvalue weighted by molar-refractivity contribution is -0.139. The zero-order chi connectivity index (χ0) is 25.2. The first kappa shape index (κ1) is 23.9. The molecule has 0 spiro atoms. The van der Waals surface area contributed by atoms with Crippen LogP contribution in [0.25, 0.3) is 16.7 Å². The summed E-state index contributed by atoms with van der Waals surface area (Å²) in [4.78, 5) is 31.4. The molecule has 3 aromatic carbocycles. The molecule has 0 bridgehead atoms. The van der Waals surface area contributed by atoms with Gasteiger partial charge in [-0.15, -0.1) is 0 Å². The quantitative estimate of drug-likeness (QED) is 0.170. The van der Waals surface area contributed by atoms with Crippen LogP contribution in [0.2, 0.25) is 0 Å². The Kier molecular flexibility index (Phi) is 6.65. The van der Waals surface area contributed by atoms with Crippen molar-refractivity contribution in [3.8, 4) is 5.75 Å². The summed E-state index contributed by atoms with van der Waals surface area (Å²) in [7, 11) is 0. The Bertz CT molecular complexity index is 1450. The Labute approximate surface area is 217 Å². The molecule has 0 aliphatic carbocycles. The van der Waals surface area contributed by atoms with Gasteiger partial charge >= 0.3 is 0 Å². The van der Waals surface area contributed by atoms with Gasteiger partial charge in [-0.1, -0.05) is 58.4 Å². The molecule has 2 heterocycles. The molecule has 5 rings (SSSR count). The van der Waals surface area contributed by atoms with Gasteiger partial charge in [0.1, 0.15) is 11.5 Å². The van der Waals surface area contributed by atoms with E-state index in [4.69, 9.17) is 4.74 Å². The topological polar surface area (TPSA) is 82.6 Å². The van der Waals surface area contributed by atoms with Crippen LogP contribution in [0.3, 0.4) is 0 Å². The highest BCUT2D eigenvalue weighted by molar-refractivity contribution is 9.10. The molecule has 7 heteroatoms. The number of hydrogen-bond acceptors (Lipinski definition) is 4. The van der Waals surface area contributed by atoms with E-state index < -0.39 is 17.7 Å². The summed E-state index contributed by atoms with van der Waals surface area (Å²) in [6.45, 7) is 2.76. The van der Waals surface area contributed by atoms with Gasteiger partial charge < -0.3 is 19.7 Å². The van der Waals surface area contributed by atoms with Crippen molar-refractivity contribution in [1.82, 2.24) is 9.88 Å². The molecule has 36 heavy (non-hydrogen) atoms. The zero-order valence-electron chi connectivity index (χ0n) is 19.7. The van der Waals surface area contributed by atoms with Crippen molar-refractivity contribution in [2.45, 2.75) is 19.4 Å². The Hall–Kier alpha value is -3.84. The summed E-state index contributed by atoms with van der Waals surface area (Å²) >= 11 is 3.39. The summed E-state index contributed by atoms with van der Waals surface area (Å²) in [6, 6.07) is 21.6. The molecule has 1 aliphatic rings. The van der Waals surface area contributed by atoms with Crippen LogP contribution in [0.15, 0.2) is 89.0 Å². The third-order valence-electron chi connectivity index (χ3n) is 6.46. The van der Waals surface area contributed by atoms with Gasteiger partial charge in [0.25, 0.3) is 11.7 Å². The van der Waals surface area contributed by atoms with Gasteiger partial charge in [-0.05, 0) is 54.8 Å². The minimum atomic E-state index is -0.713. The summed E-state index contributed by atoms with van der Waals surface area (Å²) in [5.41, 5.74) is 3.38. The lowest BCUT2D eigenvalue weighted by Gasteiger charge is -2.25. The number of fused-ring (bicyclic) bond motifs is 1. The average Bonchev–Trinajstić information content (AvgIpc) is 3.42. The van der Waals surface area contributed by atoms with E-state index in [1.54, 1.807) is 29.2 Å². The number of aromatic nitrogens is 1. The number of ketones is 1. The number of benzene rings is 3. The van der Waals surface area contributed by atoms with Crippen molar-refractivity contribution >= 4 is 44.3 Å². The first-order valence-corrected chi connectivity index (χ1v) is 12.6. The molecule has 1 atom stereocenters. The standard InChI is InChI=1S/C29H25BrN2O4/c1-2-36-22-13-9-18(10-14-22)26-25(27(33)19-7-11-21(30)12-8-19)28(34)29(35)32(26)16-15-20-17-31-24-6-4-3-5-23(20)24/h3-14,17,26,31,33H,2,15-16H2,1H3/b27-25+. The molecule has 1 aliphatic heterocycles. The number of hydrogen-bond donors (Lipinski definition) is 2. The van der Waals surface area contributed by atoms with Crippen LogP contribution in [0, 0.1) is 0 Å². The van der Waals surface area contributed by atoms with Gasteiger partial charge in [-0.25, -0.2) is 0 Å². The maximum Gasteiger partial charge on any atom is 0.295 e. The first-order chi connectivity index (χ1) is 17.5. The molecule has 6 nitrogen and oxygen atoms in total. The molecular weight excluding hydrogens is 520 g/mol. The van der Waals surface area contributed by atoms with E-state index in [-0.39, 0.29) is 11.3 Å². The van der Waals surface area contributed by atoms with E-state index in [1.165, 1.54) is 0 Å². The van der Waals surface area contributed by atoms with Crippen molar-refractivity contribution in [3.63, 3.8) is 0 Å². The monoisotopic (exact) mass is 544 g/mol. The Balaban J connectivity index is 1.55. The van der Waals surface area contributed by atoms with Crippen LogP contribution in [-0.2, 0) is 16.0 Å². The first-order valence-electron chi connectivity index (χ1n) is 11.8. The molecule has 1 fully saturated rings. The van der Waals surface area contributed by atoms with Crippen molar-refractivity contribution < 1.29 is 19.4 Å². The Morgan fingerprint density at radius 2 is 1.75 bits per heavy atom. The van der Waals surface area contributed by atoms with Gasteiger partial charge in [0.2, 0.25) is 0 Å². The fourth-order valence-electron chi connectivity index (χ4n) is 4.71. The maximum atomic E-state index is 13.3. The van der Waals surface area contributed by atoms with Crippen LogP contribution in [0.1, 0.15) is 29.7 Å². The number of nitrogens with zero attached hydrogens (tertiary/aromatic N) is 1. The highest BCUT2D eigenvalue weighted by Crippen LogP contribution is 2.40. The Morgan fingerprint density at radius 1 is 1.03 bits per heavy atom. The lowest BCUT2D eigenvalue weighted by Crippen LogP contribution is -2.31. The van der Waals surface area contributed by atoms with Crippen molar-refractivity contribution in [2.75, 3.05) is 13.2 Å². The second kappa shape index (κ2) is 10.0. The van der Waals surface area contributed by atoms with Crippen molar-refractivity contribution in [2.24, 2.45) is 0 Å². The summed E-state index contributed by atoms with van der Waals surface area (Å²) in [5, 5.41) is 12.3. The molecule has 182 valence electrons. The highest BCUT2D eigenvalue weighted by atomic mass is 79.9. The molecule has 0 saturated carbocycles. The van der Waals surface area contributed by atoms with E-state index in [1.807, 2.05) is 61.7 Å². The molecule has 1 aromatic heterocycles. The van der Waals surface area contributed by atoms with Crippen LogP contribution in [-0.4, -0.2) is 39.8 Å². The fraction of sp³-hybridized carbons (Fsp3) is 0.172. The number of Topliss-reactive ketones (excluding diaryl/α,β-unsaturated/α-hetero) is 1. The predicted molar refractivity (Wildman–Crippen MR) is 143 cm³/mol. The number of aliphatic hydroxyl groups excluding tert-OH is 1. The SMILES string of the molecule is CCOc1ccc(C2/C(=C(\O)c3ccc(Br)cc3)C(=O)C(=O)N2CCc2c[nH]c3ccccc23)cc1. The highest BCUT2D eigenvalue weighted by Gasteiger charge is 2.45. The number of ether oxygens (including phenoxy) is 1. The number of amides is 1. The summed E-state index contributed by atoms with van der Waals surface area (Å²) in [5.74, 6) is -0.792. The molecule has 2 N–H and O–H groups in total. The number of aliphatic hydroxyl groups is 1. The minimum Gasteiger partial charge on any atom is -0.507 e. The molecule has 1 unspecified atom stereocenters. The summed E-state index contributed by atoms with van der Waals surface area (Å²) < 4.78 is 6.42. The smallest absolute Gasteiger partial charge is 0.295 e. The van der Waals surface area contributed by atoms with Gasteiger partial charge in [0.05, 0.1) is 18.2 Å². The van der Waals surface area contributed by atoms with Crippen LogP contribution in [0.4, 0.5) is 0 Å². The number of likely N-dealkylation sites (tertiary alicyclic amines) is 1. The lowest BCUT2D eigenvalue weighted by atomic mass is 9.95. The maximum absolute atomic E-state index is 13.3. The van der Waals surface area contributed by atoms with Crippen molar-refractivity contribution in [3.05, 3.63) is 106 Å². The zero-order valence-corrected chi connectivity index (χ0v) is 21.3. The second-order valence-electron chi connectivity index (χ2n) is 8.61. The third-order valence-corrected chi connectivity index (χ3v) is 6.99. The average molecular weight is 545 g/mol. The molecule has 4 aromatic rings. The van der Waals surface area contributed by atoms with Gasteiger partial charge in [0.15, 0.2) is 0 Å². The number of aromatic amines is 1. The molecular formula is C29H25BrN2O4. The third kappa shape index (κ3) is 4.42. The number of nitrogens with one attached hydrogen (secondary N) is 1. The van der Waals surface area contributed by atoms with E-state index in [9.17, 15) is 14.7 Å². The summed E-state index contributed by atoms with van der Waals surface area (Å²) in [6.07, 6.45) is 2.50. The van der Waals surface area contributed by atoms with Crippen LogP contribution >= 0.6 is 15.9 Å². The molecule has 1 amide bonds. The van der Waals surface area contributed by atoms with E-state index in [0.717, 1.165) is 26.5 Å². The fourth-order valence-corrected chi connectivity index (χ4v) is 4.98. The number of para-hydroxylation sites is 1. The predicted octanol–water partition coefficient (Wildman–Crippen LogP) is 5.99. The van der Waals surface area contributed by atoms with Crippen molar-refractivity contribution in [1.29, 1.82) is 0 Å². The number of carbonyl (C=O) groups is 2. The molecule has 1 saturated heterocycles. The van der Waals surface area contributed by atoms with E-state index in [0.29, 0.717) is 30.9 Å². The van der Waals surface area contributed by atoms with Crippen LogP contribution < -0.4 is 4.74 Å².